The number of aryl methyl sites for hydroxylation is 2. The SMILES string of the molecule is Cc1cc(Br)cc2c(NN)c3c(nc12)CCCCC3. The van der Waals surface area contributed by atoms with E-state index in [-0.39, 0.29) is 0 Å². The van der Waals surface area contributed by atoms with Gasteiger partial charge in [0.2, 0.25) is 0 Å². The first-order valence-electron chi connectivity index (χ1n) is 6.79. The third kappa shape index (κ3) is 2.23. The number of nitrogens with zero attached hydrogens (tertiary/aromatic N) is 1. The van der Waals surface area contributed by atoms with Crippen molar-refractivity contribution in [2.24, 2.45) is 5.84 Å². The molecule has 0 unspecified atom stereocenters. The van der Waals surface area contributed by atoms with Crippen molar-refractivity contribution < 1.29 is 0 Å². The van der Waals surface area contributed by atoms with Gasteiger partial charge in [-0.3, -0.25) is 10.8 Å². The van der Waals surface area contributed by atoms with E-state index >= 15 is 0 Å². The van der Waals surface area contributed by atoms with Gasteiger partial charge in [-0.1, -0.05) is 22.4 Å². The zero-order valence-electron chi connectivity index (χ0n) is 11.1. The molecule has 0 atom stereocenters. The minimum atomic E-state index is 1.06. The molecule has 3 nitrogen and oxygen atoms in total. The van der Waals surface area contributed by atoms with Crippen molar-refractivity contribution in [2.45, 2.75) is 39.0 Å². The third-order valence-electron chi connectivity index (χ3n) is 3.92. The molecule has 0 spiro atoms. The number of hydrogen-bond acceptors (Lipinski definition) is 3. The van der Waals surface area contributed by atoms with Crippen LogP contribution in [0.1, 0.15) is 36.1 Å². The van der Waals surface area contributed by atoms with Crippen LogP contribution in [0.4, 0.5) is 5.69 Å². The monoisotopic (exact) mass is 319 g/mol. The highest BCUT2D eigenvalue weighted by Gasteiger charge is 2.17. The van der Waals surface area contributed by atoms with Gasteiger partial charge in [0, 0.05) is 15.6 Å². The number of hydrazine groups is 1. The van der Waals surface area contributed by atoms with E-state index in [9.17, 15) is 0 Å². The molecule has 0 fully saturated rings. The molecule has 0 radical (unpaired) electrons. The summed E-state index contributed by atoms with van der Waals surface area (Å²) in [6, 6.07) is 4.22. The zero-order valence-corrected chi connectivity index (χ0v) is 12.7. The molecule has 0 saturated heterocycles. The van der Waals surface area contributed by atoms with Crippen LogP contribution < -0.4 is 11.3 Å². The lowest BCUT2D eigenvalue weighted by molar-refractivity contribution is 0.709. The number of fused-ring (bicyclic) bond motifs is 2. The van der Waals surface area contributed by atoms with E-state index in [0.29, 0.717) is 0 Å². The number of anilines is 1. The Balaban J connectivity index is 2.36. The van der Waals surface area contributed by atoms with Crippen LogP contribution in [0.5, 0.6) is 0 Å². The average Bonchev–Trinajstić information content (AvgIpc) is 2.61. The van der Waals surface area contributed by atoms with Gasteiger partial charge in [-0.2, -0.15) is 0 Å². The largest absolute Gasteiger partial charge is 0.323 e. The Labute approximate surface area is 121 Å². The molecule has 3 rings (SSSR count). The molecule has 1 heterocycles. The fourth-order valence-electron chi connectivity index (χ4n) is 3.00. The van der Waals surface area contributed by atoms with Crippen molar-refractivity contribution in [3.63, 3.8) is 0 Å². The number of hydrogen-bond donors (Lipinski definition) is 2. The van der Waals surface area contributed by atoms with E-state index in [0.717, 1.165) is 33.9 Å². The Morgan fingerprint density at radius 3 is 2.79 bits per heavy atom. The standard InChI is InChI=1S/C15H18BrN3/c1-9-7-10(16)8-12-14(9)18-13-6-4-2-3-5-11(13)15(12)19-17/h7-8H,2-6,17H2,1H3,(H,18,19). The molecular weight excluding hydrogens is 302 g/mol. The van der Waals surface area contributed by atoms with E-state index in [1.165, 1.54) is 36.1 Å². The van der Waals surface area contributed by atoms with Gasteiger partial charge >= 0.3 is 0 Å². The van der Waals surface area contributed by atoms with E-state index in [4.69, 9.17) is 10.8 Å². The zero-order chi connectivity index (χ0) is 13.4. The fourth-order valence-corrected chi connectivity index (χ4v) is 3.57. The van der Waals surface area contributed by atoms with Gasteiger partial charge in [-0.05, 0) is 55.9 Å². The van der Waals surface area contributed by atoms with Gasteiger partial charge in [0.15, 0.2) is 0 Å². The van der Waals surface area contributed by atoms with E-state index < -0.39 is 0 Å². The van der Waals surface area contributed by atoms with Gasteiger partial charge in [-0.25, -0.2) is 0 Å². The average molecular weight is 320 g/mol. The molecule has 0 saturated carbocycles. The molecular formula is C15H18BrN3. The quantitative estimate of drug-likeness (QED) is 0.476. The number of aromatic nitrogens is 1. The highest BCUT2D eigenvalue weighted by atomic mass is 79.9. The molecule has 4 heteroatoms. The summed E-state index contributed by atoms with van der Waals surface area (Å²) in [7, 11) is 0. The van der Waals surface area contributed by atoms with Gasteiger partial charge in [0.25, 0.3) is 0 Å². The lowest BCUT2D eigenvalue weighted by atomic mass is 10.0. The number of nitrogens with two attached hydrogens (primary N) is 1. The van der Waals surface area contributed by atoms with Crippen LogP contribution in [0.2, 0.25) is 0 Å². The fraction of sp³-hybridized carbons (Fsp3) is 0.400. The predicted molar refractivity (Wildman–Crippen MR) is 83.2 cm³/mol. The predicted octanol–water partition coefficient (Wildman–Crippen LogP) is 3.86. The van der Waals surface area contributed by atoms with Gasteiger partial charge in [0.1, 0.15) is 0 Å². The van der Waals surface area contributed by atoms with Gasteiger partial charge < -0.3 is 5.43 Å². The second-order valence-corrected chi connectivity index (χ2v) is 6.15. The molecule has 0 amide bonds. The maximum atomic E-state index is 5.80. The summed E-state index contributed by atoms with van der Waals surface area (Å²) in [5.74, 6) is 5.80. The molecule has 0 bridgehead atoms. The highest BCUT2D eigenvalue weighted by molar-refractivity contribution is 9.10. The third-order valence-corrected chi connectivity index (χ3v) is 4.37. The number of benzene rings is 1. The molecule has 1 aliphatic rings. The number of halogens is 1. The first kappa shape index (κ1) is 12.9. The minimum Gasteiger partial charge on any atom is -0.323 e. The van der Waals surface area contributed by atoms with Gasteiger partial charge in [-0.15, -0.1) is 0 Å². The van der Waals surface area contributed by atoms with Crippen LogP contribution >= 0.6 is 15.9 Å². The summed E-state index contributed by atoms with van der Waals surface area (Å²) in [5.41, 5.74) is 8.77. The Morgan fingerprint density at radius 2 is 2.00 bits per heavy atom. The summed E-state index contributed by atoms with van der Waals surface area (Å²) < 4.78 is 1.07. The number of pyridine rings is 1. The maximum absolute atomic E-state index is 5.80. The summed E-state index contributed by atoms with van der Waals surface area (Å²) in [6.45, 7) is 2.10. The smallest absolute Gasteiger partial charge is 0.0756 e. The number of rotatable bonds is 1. The topological polar surface area (TPSA) is 50.9 Å². The number of nitrogens with one attached hydrogen (secondary N) is 1. The summed E-state index contributed by atoms with van der Waals surface area (Å²) in [4.78, 5) is 4.91. The van der Waals surface area contributed by atoms with Crippen LogP contribution in [0.25, 0.3) is 10.9 Å². The van der Waals surface area contributed by atoms with Crippen LogP contribution in [0.15, 0.2) is 16.6 Å². The van der Waals surface area contributed by atoms with Crippen molar-refractivity contribution >= 4 is 32.5 Å². The summed E-state index contributed by atoms with van der Waals surface area (Å²) in [5, 5.41) is 1.12. The van der Waals surface area contributed by atoms with E-state index in [2.05, 4.69) is 40.4 Å². The summed E-state index contributed by atoms with van der Waals surface area (Å²) in [6.07, 6.45) is 5.87. The highest BCUT2D eigenvalue weighted by Crippen LogP contribution is 2.34. The second-order valence-electron chi connectivity index (χ2n) is 5.24. The molecule has 2 aromatic rings. The lowest BCUT2D eigenvalue weighted by Crippen LogP contribution is -2.12. The van der Waals surface area contributed by atoms with Crippen LogP contribution in [-0.2, 0) is 12.8 Å². The first-order valence-corrected chi connectivity index (χ1v) is 7.58. The van der Waals surface area contributed by atoms with Crippen molar-refractivity contribution in [1.29, 1.82) is 0 Å². The Kier molecular flexibility index (Phi) is 3.46. The summed E-state index contributed by atoms with van der Waals surface area (Å²) >= 11 is 3.56. The molecule has 19 heavy (non-hydrogen) atoms. The lowest BCUT2D eigenvalue weighted by Gasteiger charge is -2.16. The molecule has 1 aromatic carbocycles. The number of nitrogen functional groups attached to an aromatic ring is 1. The Hall–Kier alpha value is -1.13. The molecule has 3 N–H and O–H groups in total. The molecule has 1 aromatic heterocycles. The first-order chi connectivity index (χ1) is 9.20. The van der Waals surface area contributed by atoms with Crippen molar-refractivity contribution in [1.82, 2.24) is 4.98 Å². The van der Waals surface area contributed by atoms with Crippen LogP contribution in [-0.4, -0.2) is 4.98 Å². The van der Waals surface area contributed by atoms with Crippen molar-refractivity contribution in [3.8, 4) is 0 Å². The Morgan fingerprint density at radius 1 is 1.21 bits per heavy atom. The van der Waals surface area contributed by atoms with Crippen LogP contribution in [0, 0.1) is 6.92 Å². The maximum Gasteiger partial charge on any atom is 0.0756 e. The van der Waals surface area contributed by atoms with Crippen molar-refractivity contribution in [2.75, 3.05) is 5.43 Å². The molecule has 0 aliphatic heterocycles. The molecule has 1 aliphatic carbocycles. The van der Waals surface area contributed by atoms with Crippen LogP contribution in [0.3, 0.4) is 0 Å². The normalized spacial score (nSPS) is 15.1. The van der Waals surface area contributed by atoms with Crippen molar-refractivity contribution in [3.05, 3.63) is 33.4 Å². The second kappa shape index (κ2) is 5.10. The van der Waals surface area contributed by atoms with E-state index in [1.54, 1.807) is 0 Å². The minimum absolute atomic E-state index is 1.06. The Bertz CT molecular complexity index is 637. The van der Waals surface area contributed by atoms with E-state index in [1.807, 2.05) is 0 Å². The van der Waals surface area contributed by atoms with Gasteiger partial charge in [0.05, 0.1) is 11.2 Å². The molecule has 100 valence electrons.